The first-order chi connectivity index (χ1) is 8.09. The average molecular weight is 258 g/mol. The van der Waals surface area contributed by atoms with E-state index in [2.05, 4.69) is 12.2 Å². The van der Waals surface area contributed by atoms with Crippen LogP contribution >= 0.6 is 11.6 Å². The molecule has 0 radical (unpaired) electrons. The van der Waals surface area contributed by atoms with E-state index < -0.39 is 0 Å². The Morgan fingerprint density at radius 1 is 1.53 bits per heavy atom. The summed E-state index contributed by atoms with van der Waals surface area (Å²) in [4.78, 5) is 0. The fourth-order valence-electron chi connectivity index (χ4n) is 2.06. The van der Waals surface area contributed by atoms with Crippen molar-refractivity contribution in [1.82, 2.24) is 5.32 Å². The number of hydrogen-bond donors (Lipinski definition) is 1. The minimum atomic E-state index is -0.253. The van der Waals surface area contributed by atoms with Crippen LogP contribution in [0.25, 0.3) is 0 Å². The molecule has 4 heteroatoms. The molecule has 1 aliphatic rings. The van der Waals surface area contributed by atoms with Gasteiger partial charge in [-0.15, -0.1) is 0 Å². The van der Waals surface area contributed by atoms with Gasteiger partial charge < -0.3 is 10.1 Å². The average Bonchev–Trinajstić information content (AvgIpc) is 2.31. The van der Waals surface area contributed by atoms with E-state index in [0.717, 1.165) is 25.0 Å². The van der Waals surface area contributed by atoms with Crippen LogP contribution in [-0.4, -0.2) is 18.8 Å². The molecule has 0 bridgehead atoms. The smallest absolute Gasteiger partial charge is 0.123 e. The van der Waals surface area contributed by atoms with Gasteiger partial charge in [0.05, 0.1) is 6.61 Å². The normalized spacial score (nSPS) is 24.9. The third-order valence-corrected chi connectivity index (χ3v) is 3.52. The van der Waals surface area contributed by atoms with E-state index in [0.29, 0.717) is 18.2 Å². The van der Waals surface area contributed by atoms with Crippen LogP contribution in [0.2, 0.25) is 5.02 Å². The number of halogens is 2. The summed E-state index contributed by atoms with van der Waals surface area (Å²) in [5.41, 5.74) is 0.756. The highest BCUT2D eigenvalue weighted by atomic mass is 35.5. The molecule has 94 valence electrons. The minimum Gasteiger partial charge on any atom is -0.380 e. The van der Waals surface area contributed by atoms with Crippen LogP contribution in [0.3, 0.4) is 0 Å². The second-order valence-corrected chi connectivity index (χ2v) is 5.21. The van der Waals surface area contributed by atoms with Crippen molar-refractivity contribution in [1.29, 1.82) is 0 Å². The number of hydrogen-bond acceptors (Lipinski definition) is 2. The predicted molar refractivity (Wildman–Crippen MR) is 66.7 cm³/mol. The maximum Gasteiger partial charge on any atom is 0.123 e. The maximum atomic E-state index is 13.1. The molecule has 0 aromatic heterocycles. The monoisotopic (exact) mass is 257 g/mol. The molecule has 0 saturated carbocycles. The fourth-order valence-corrected chi connectivity index (χ4v) is 2.25. The standard InChI is InChI=1S/C13H17ClFNO/c1-13(5-2-6-17-9-13)16-8-10-7-11(15)3-4-12(10)14/h3-4,7,16H,2,5-6,8-9H2,1H3. The van der Waals surface area contributed by atoms with E-state index in [1.165, 1.54) is 12.1 Å². The van der Waals surface area contributed by atoms with Crippen LogP contribution in [0.1, 0.15) is 25.3 Å². The molecule has 1 unspecified atom stereocenters. The Labute approximate surface area is 106 Å². The van der Waals surface area contributed by atoms with E-state index in [4.69, 9.17) is 16.3 Å². The first kappa shape index (κ1) is 12.8. The van der Waals surface area contributed by atoms with Crippen LogP contribution in [0.4, 0.5) is 4.39 Å². The SMILES string of the molecule is CC1(NCc2cc(F)ccc2Cl)CCCOC1. The van der Waals surface area contributed by atoms with Crippen LogP contribution < -0.4 is 5.32 Å². The van der Waals surface area contributed by atoms with E-state index >= 15 is 0 Å². The molecule has 2 nitrogen and oxygen atoms in total. The Morgan fingerprint density at radius 2 is 2.35 bits per heavy atom. The summed E-state index contributed by atoms with van der Waals surface area (Å²) in [5, 5.41) is 4.00. The van der Waals surface area contributed by atoms with Crippen molar-refractivity contribution in [2.24, 2.45) is 0 Å². The van der Waals surface area contributed by atoms with E-state index in [1.54, 1.807) is 6.07 Å². The minimum absolute atomic E-state index is 0.0338. The summed E-state index contributed by atoms with van der Waals surface area (Å²) in [5.74, 6) is -0.253. The lowest BCUT2D eigenvalue weighted by Gasteiger charge is -2.34. The first-order valence-electron chi connectivity index (χ1n) is 5.86. The number of benzene rings is 1. The third kappa shape index (κ3) is 3.41. The van der Waals surface area contributed by atoms with Gasteiger partial charge in [-0.2, -0.15) is 0 Å². The summed E-state index contributed by atoms with van der Waals surface area (Å²) in [6.07, 6.45) is 2.13. The van der Waals surface area contributed by atoms with Gasteiger partial charge in [0.25, 0.3) is 0 Å². The summed E-state index contributed by atoms with van der Waals surface area (Å²) < 4.78 is 18.6. The largest absolute Gasteiger partial charge is 0.380 e. The van der Waals surface area contributed by atoms with Crippen molar-refractivity contribution < 1.29 is 9.13 Å². The molecule has 1 heterocycles. The van der Waals surface area contributed by atoms with Crippen molar-refractivity contribution in [3.63, 3.8) is 0 Å². The molecule has 1 aliphatic heterocycles. The van der Waals surface area contributed by atoms with Gasteiger partial charge >= 0.3 is 0 Å². The molecule has 1 aromatic rings. The quantitative estimate of drug-likeness (QED) is 0.898. The van der Waals surface area contributed by atoms with Crippen molar-refractivity contribution in [2.45, 2.75) is 31.8 Å². The van der Waals surface area contributed by atoms with Gasteiger partial charge in [0.2, 0.25) is 0 Å². The van der Waals surface area contributed by atoms with Crippen molar-refractivity contribution in [3.8, 4) is 0 Å². The highest BCUT2D eigenvalue weighted by Crippen LogP contribution is 2.21. The van der Waals surface area contributed by atoms with Gasteiger partial charge in [-0.25, -0.2) is 4.39 Å². The van der Waals surface area contributed by atoms with Gasteiger partial charge in [0, 0.05) is 23.7 Å². The van der Waals surface area contributed by atoms with Gasteiger partial charge in [-0.3, -0.25) is 0 Å². The summed E-state index contributed by atoms with van der Waals surface area (Å²) in [6.45, 7) is 4.22. The van der Waals surface area contributed by atoms with Gasteiger partial charge in [0.1, 0.15) is 5.82 Å². The first-order valence-corrected chi connectivity index (χ1v) is 6.24. The molecule has 1 fully saturated rings. The molecule has 2 rings (SSSR count). The Balaban J connectivity index is 1.99. The molecule has 1 atom stereocenters. The second kappa shape index (κ2) is 5.34. The number of ether oxygens (including phenoxy) is 1. The van der Waals surface area contributed by atoms with E-state index in [1.807, 2.05) is 0 Å². The highest BCUT2D eigenvalue weighted by molar-refractivity contribution is 6.31. The highest BCUT2D eigenvalue weighted by Gasteiger charge is 2.26. The van der Waals surface area contributed by atoms with E-state index in [-0.39, 0.29) is 11.4 Å². The molecule has 1 N–H and O–H groups in total. The second-order valence-electron chi connectivity index (χ2n) is 4.81. The zero-order valence-electron chi connectivity index (χ0n) is 9.93. The van der Waals surface area contributed by atoms with Crippen LogP contribution in [0.5, 0.6) is 0 Å². The molecule has 1 saturated heterocycles. The molecule has 0 amide bonds. The maximum absolute atomic E-state index is 13.1. The lowest BCUT2D eigenvalue weighted by atomic mass is 9.94. The van der Waals surface area contributed by atoms with Crippen LogP contribution in [0, 0.1) is 5.82 Å². The summed E-state index contributed by atoms with van der Waals surface area (Å²) >= 11 is 6.02. The lowest BCUT2D eigenvalue weighted by Crippen LogP contribution is -2.48. The summed E-state index contributed by atoms with van der Waals surface area (Å²) in [6, 6.07) is 4.44. The summed E-state index contributed by atoms with van der Waals surface area (Å²) in [7, 11) is 0. The van der Waals surface area contributed by atoms with Crippen molar-refractivity contribution >= 4 is 11.6 Å². The topological polar surface area (TPSA) is 21.3 Å². The third-order valence-electron chi connectivity index (χ3n) is 3.15. The van der Waals surface area contributed by atoms with Gasteiger partial charge in [-0.1, -0.05) is 11.6 Å². The zero-order valence-corrected chi connectivity index (χ0v) is 10.7. The molecule has 0 spiro atoms. The lowest BCUT2D eigenvalue weighted by molar-refractivity contribution is 0.0278. The molecular weight excluding hydrogens is 241 g/mol. The van der Waals surface area contributed by atoms with Crippen molar-refractivity contribution in [3.05, 3.63) is 34.6 Å². The van der Waals surface area contributed by atoms with Crippen LogP contribution in [0.15, 0.2) is 18.2 Å². The van der Waals surface area contributed by atoms with Gasteiger partial charge in [0.15, 0.2) is 0 Å². The van der Waals surface area contributed by atoms with E-state index in [9.17, 15) is 4.39 Å². The van der Waals surface area contributed by atoms with Crippen LogP contribution in [-0.2, 0) is 11.3 Å². The van der Waals surface area contributed by atoms with Crippen molar-refractivity contribution in [2.75, 3.05) is 13.2 Å². The Bertz CT molecular complexity index is 391. The zero-order chi connectivity index (χ0) is 12.3. The number of nitrogens with one attached hydrogen (secondary N) is 1. The molecule has 1 aromatic carbocycles. The molecule has 0 aliphatic carbocycles. The molecular formula is C13H17ClFNO. The predicted octanol–water partition coefficient (Wildman–Crippen LogP) is 3.14. The molecule has 17 heavy (non-hydrogen) atoms. The van der Waals surface area contributed by atoms with Gasteiger partial charge in [-0.05, 0) is 43.5 Å². The Morgan fingerprint density at radius 3 is 3.06 bits per heavy atom. The fraction of sp³-hybridized carbons (Fsp3) is 0.538. The Hall–Kier alpha value is -0.640. The number of rotatable bonds is 3. The Kier molecular flexibility index (Phi) is 4.02.